The van der Waals surface area contributed by atoms with Gasteiger partial charge < -0.3 is 4.79 Å². The lowest BCUT2D eigenvalue weighted by Crippen LogP contribution is -2.14. The van der Waals surface area contributed by atoms with Crippen LogP contribution in [0.15, 0.2) is 0 Å². The van der Waals surface area contributed by atoms with E-state index in [1.54, 1.807) is 6.92 Å². The van der Waals surface area contributed by atoms with E-state index in [2.05, 4.69) is 6.92 Å². The van der Waals surface area contributed by atoms with Crippen LogP contribution in [0.2, 0.25) is 0 Å². The van der Waals surface area contributed by atoms with Crippen molar-refractivity contribution in [2.75, 3.05) is 0 Å². The summed E-state index contributed by atoms with van der Waals surface area (Å²) >= 11 is 0. The summed E-state index contributed by atoms with van der Waals surface area (Å²) in [5.41, 5.74) is 0. The first-order valence-electron chi connectivity index (χ1n) is 7.71. The minimum Gasteiger partial charge on any atom is -0.300 e. The largest absolute Gasteiger partial charge is 0.300 e. The van der Waals surface area contributed by atoms with Crippen molar-refractivity contribution in [3.8, 4) is 0 Å². The summed E-state index contributed by atoms with van der Waals surface area (Å²) in [7, 11) is 0. The monoisotopic (exact) mass is 238 g/mol. The van der Waals surface area contributed by atoms with E-state index in [0.717, 1.165) is 24.7 Å². The Morgan fingerprint density at radius 2 is 1.47 bits per heavy atom. The molecule has 1 fully saturated rings. The SMILES string of the molecule is CCCC[C@H]1CC[C@H](CCCCC(C)=O)CC1. The molecule has 0 bridgehead atoms. The zero-order chi connectivity index (χ0) is 12.5. The highest BCUT2D eigenvalue weighted by Gasteiger charge is 2.20. The van der Waals surface area contributed by atoms with E-state index in [1.807, 2.05) is 0 Å². The van der Waals surface area contributed by atoms with Crippen molar-refractivity contribution in [1.29, 1.82) is 0 Å². The number of carbonyl (C=O) groups excluding carboxylic acids is 1. The van der Waals surface area contributed by atoms with Crippen LogP contribution in [0, 0.1) is 11.8 Å². The third kappa shape index (κ3) is 6.85. The van der Waals surface area contributed by atoms with Gasteiger partial charge in [-0.3, -0.25) is 0 Å². The van der Waals surface area contributed by atoms with Crippen molar-refractivity contribution in [2.24, 2.45) is 11.8 Å². The molecule has 0 unspecified atom stereocenters. The van der Waals surface area contributed by atoms with Gasteiger partial charge in [-0.05, 0) is 25.2 Å². The predicted octanol–water partition coefficient (Wildman–Crippen LogP) is 5.13. The van der Waals surface area contributed by atoms with E-state index in [0.29, 0.717) is 5.78 Å². The van der Waals surface area contributed by atoms with Gasteiger partial charge in [-0.25, -0.2) is 0 Å². The van der Waals surface area contributed by atoms with Crippen molar-refractivity contribution in [1.82, 2.24) is 0 Å². The Bertz CT molecular complexity index is 202. The van der Waals surface area contributed by atoms with Crippen LogP contribution in [0.5, 0.6) is 0 Å². The van der Waals surface area contributed by atoms with Crippen LogP contribution in [0.4, 0.5) is 0 Å². The summed E-state index contributed by atoms with van der Waals surface area (Å²) in [6.45, 7) is 4.00. The fraction of sp³-hybridized carbons (Fsp3) is 0.938. The van der Waals surface area contributed by atoms with Gasteiger partial charge >= 0.3 is 0 Å². The van der Waals surface area contributed by atoms with Crippen LogP contribution >= 0.6 is 0 Å². The molecule has 0 amide bonds. The van der Waals surface area contributed by atoms with Crippen LogP contribution in [0.25, 0.3) is 0 Å². The Hall–Kier alpha value is -0.330. The smallest absolute Gasteiger partial charge is 0.129 e. The molecule has 0 radical (unpaired) electrons. The first kappa shape index (κ1) is 14.7. The van der Waals surface area contributed by atoms with Gasteiger partial charge in [-0.2, -0.15) is 0 Å². The predicted molar refractivity (Wildman–Crippen MR) is 74.1 cm³/mol. The van der Waals surface area contributed by atoms with E-state index in [9.17, 15) is 4.79 Å². The molecule has 0 spiro atoms. The van der Waals surface area contributed by atoms with Gasteiger partial charge in [0.2, 0.25) is 0 Å². The normalized spacial score (nSPS) is 24.8. The maximum atomic E-state index is 10.8. The molecule has 0 aromatic rings. The molecule has 0 heterocycles. The minimum absolute atomic E-state index is 0.355. The molecule has 1 aliphatic rings. The summed E-state index contributed by atoms with van der Waals surface area (Å²) in [4.78, 5) is 10.8. The number of unbranched alkanes of at least 4 members (excludes halogenated alkanes) is 2. The average Bonchev–Trinajstić information content (AvgIpc) is 2.33. The molecular formula is C16H30O. The molecule has 0 atom stereocenters. The van der Waals surface area contributed by atoms with Crippen molar-refractivity contribution in [3.63, 3.8) is 0 Å². The molecule has 0 aromatic heterocycles. The fourth-order valence-electron chi connectivity index (χ4n) is 3.11. The molecule has 1 nitrogen and oxygen atoms in total. The Balaban J connectivity index is 2.01. The molecule has 17 heavy (non-hydrogen) atoms. The molecule has 0 saturated heterocycles. The zero-order valence-electron chi connectivity index (χ0n) is 11.8. The van der Waals surface area contributed by atoms with E-state index in [-0.39, 0.29) is 0 Å². The fourth-order valence-corrected chi connectivity index (χ4v) is 3.11. The Morgan fingerprint density at radius 3 is 1.94 bits per heavy atom. The number of hydrogen-bond donors (Lipinski definition) is 0. The van der Waals surface area contributed by atoms with Gasteiger partial charge in [0.05, 0.1) is 0 Å². The van der Waals surface area contributed by atoms with Crippen LogP contribution in [-0.2, 0) is 4.79 Å². The highest BCUT2D eigenvalue weighted by Crippen LogP contribution is 2.34. The van der Waals surface area contributed by atoms with Crippen molar-refractivity contribution < 1.29 is 4.79 Å². The zero-order valence-corrected chi connectivity index (χ0v) is 11.8. The van der Waals surface area contributed by atoms with Gasteiger partial charge in [0.1, 0.15) is 5.78 Å². The Labute approximate surface area is 107 Å². The lowest BCUT2D eigenvalue weighted by atomic mass is 9.78. The second kappa shape index (κ2) is 8.72. The van der Waals surface area contributed by atoms with E-state index >= 15 is 0 Å². The molecule has 0 aromatic carbocycles. The van der Waals surface area contributed by atoms with Crippen molar-refractivity contribution in [2.45, 2.75) is 84.5 Å². The second-order valence-electron chi connectivity index (χ2n) is 5.98. The van der Waals surface area contributed by atoms with Gasteiger partial charge in [0.15, 0.2) is 0 Å². The van der Waals surface area contributed by atoms with E-state index in [4.69, 9.17) is 0 Å². The molecular weight excluding hydrogens is 208 g/mol. The number of ketones is 1. The first-order chi connectivity index (χ1) is 8.22. The molecule has 100 valence electrons. The summed E-state index contributed by atoms with van der Waals surface area (Å²) in [5, 5.41) is 0. The quantitative estimate of drug-likeness (QED) is 0.536. The van der Waals surface area contributed by atoms with Crippen molar-refractivity contribution >= 4 is 5.78 Å². The van der Waals surface area contributed by atoms with Crippen LogP contribution < -0.4 is 0 Å². The maximum absolute atomic E-state index is 10.8. The first-order valence-corrected chi connectivity index (χ1v) is 7.71. The van der Waals surface area contributed by atoms with E-state index in [1.165, 1.54) is 57.8 Å². The third-order valence-corrected chi connectivity index (χ3v) is 4.32. The van der Waals surface area contributed by atoms with Crippen LogP contribution in [0.3, 0.4) is 0 Å². The number of rotatable bonds is 8. The molecule has 0 N–H and O–H groups in total. The minimum atomic E-state index is 0.355. The lowest BCUT2D eigenvalue weighted by Gasteiger charge is -2.28. The van der Waals surface area contributed by atoms with E-state index < -0.39 is 0 Å². The summed E-state index contributed by atoms with van der Waals surface area (Å²) in [6.07, 6.45) is 14.6. The number of Topliss-reactive ketones (excluding diaryl/α,β-unsaturated/α-hetero) is 1. The molecule has 1 heteroatoms. The standard InChI is InChI=1S/C16H30O/c1-3-4-8-15-10-12-16(13-11-15)9-6-5-7-14(2)17/h15-16H,3-13H2,1-2H3/t15-,16-. The molecule has 1 rings (SSSR count). The van der Waals surface area contributed by atoms with Crippen LogP contribution in [0.1, 0.15) is 84.5 Å². The number of carbonyl (C=O) groups is 1. The summed E-state index contributed by atoms with van der Waals surface area (Å²) in [6, 6.07) is 0. The maximum Gasteiger partial charge on any atom is 0.129 e. The summed E-state index contributed by atoms with van der Waals surface area (Å²) in [5.74, 6) is 2.36. The molecule has 1 aliphatic carbocycles. The highest BCUT2D eigenvalue weighted by molar-refractivity contribution is 5.75. The van der Waals surface area contributed by atoms with Crippen molar-refractivity contribution in [3.05, 3.63) is 0 Å². The second-order valence-corrected chi connectivity index (χ2v) is 5.98. The molecule has 1 saturated carbocycles. The average molecular weight is 238 g/mol. The number of hydrogen-bond acceptors (Lipinski definition) is 1. The highest BCUT2D eigenvalue weighted by atomic mass is 16.1. The molecule has 0 aliphatic heterocycles. The Morgan fingerprint density at radius 1 is 0.941 bits per heavy atom. The topological polar surface area (TPSA) is 17.1 Å². The van der Waals surface area contributed by atoms with Gasteiger partial charge in [-0.15, -0.1) is 0 Å². The summed E-state index contributed by atoms with van der Waals surface area (Å²) < 4.78 is 0. The van der Waals surface area contributed by atoms with Gasteiger partial charge in [-0.1, -0.05) is 64.7 Å². The van der Waals surface area contributed by atoms with Gasteiger partial charge in [0.25, 0.3) is 0 Å². The third-order valence-electron chi connectivity index (χ3n) is 4.32. The van der Waals surface area contributed by atoms with Crippen LogP contribution in [-0.4, -0.2) is 5.78 Å². The van der Waals surface area contributed by atoms with Gasteiger partial charge in [0, 0.05) is 6.42 Å². The Kier molecular flexibility index (Phi) is 7.55. The lowest BCUT2D eigenvalue weighted by molar-refractivity contribution is -0.117.